The lowest BCUT2D eigenvalue weighted by atomic mass is 9.89. The van der Waals surface area contributed by atoms with Crippen LogP contribution >= 0.6 is 0 Å². The zero-order chi connectivity index (χ0) is 16.1. The molecule has 0 aliphatic carbocycles. The molecule has 0 saturated carbocycles. The second-order valence-corrected chi connectivity index (χ2v) is 5.38. The van der Waals surface area contributed by atoms with E-state index in [1.54, 1.807) is 44.2 Å². The van der Waals surface area contributed by atoms with Crippen molar-refractivity contribution in [3.05, 3.63) is 35.9 Å². The van der Waals surface area contributed by atoms with E-state index in [1.165, 1.54) is 4.90 Å². The van der Waals surface area contributed by atoms with E-state index in [4.69, 9.17) is 5.73 Å². The highest BCUT2D eigenvalue weighted by Crippen LogP contribution is 2.24. The van der Waals surface area contributed by atoms with Crippen molar-refractivity contribution in [2.24, 2.45) is 5.73 Å². The number of nitrogens with zero attached hydrogens (tertiary/aromatic N) is 2. The molecule has 0 aliphatic heterocycles. The van der Waals surface area contributed by atoms with E-state index < -0.39 is 18.3 Å². The molecule has 0 spiro atoms. The van der Waals surface area contributed by atoms with E-state index in [9.17, 15) is 18.4 Å². The van der Waals surface area contributed by atoms with Crippen molar-refractivity contribution in [3.8, 4) is 6.07 Å². The van der Waals surface area contributed by atoms with Crippen molar-refractivity contribution >= 4 is 0 Å². The van der Waals surface area contributed by atoms with Crippen LogP contribution in [0.3, 0.4) is 0 Å². The lowest BCUT2D eigenvalue weighted by Gasteiger charge is -2.31. The van der Waals surface area contributed by atoms with E-state index in [-0.39, 0.29) is 19.0 Å². The maximum atomic E-state index is 12.6. The Hall–Kier alpha value is -1.58. The number of halogens is 3. The summed E-state index contributed by atoms with van der Waals surface area (Å²) in [5.41, 5.74) is 5.40. The quantitative estimate of drug-likeness (QED) is 0.878. The maximum Gasteiger partial charge on any atom is 0.401 e. The molecular weight excluding hydrogens is 279 g/mol. The van der Waals surface area contributed by atoms with E-state index in [0.717, 1.165) is 0 Å². The summed E-state index contributed by atoms with van der Waals surface area (Å²) in [6.45, 7) is 2.49. The third-order valence-electron chi connectivity index (χ3n) is 3.39. The minimum Gasteiger partial charge on any atom is -0.310 e. The summed E-state index contributed by atoms with van der Waals surface area (Å²) < 4.78 is 37.7. The molecule has 1 unspecified atom stereocenters. The average Bonchev–Trinajstić information content (AvgIpc) is 2.42. The molecule has 0 fully saturated rings. The van der Waals surface area contributed by atoms with Crippen molar-refractivity contribution in [1.29, 1.82) is 5.26 Å². The van der Waals surface area contributed by atoms with Gasteiger partial charge in [-0.1, -0.05) is 30.3 Å². The van der Waals surface area contributed by atoms with Gasteiger partial charge < -0.3 is 5.73 Å². The number of alkyl halides is 3. The van der Waals surface area contributed by atoms with Crippen LogP contribution in [-0.4, -0.2) is 30.2 Å². The third kappa shape index (κ3) is 5.37. The minimum absolute atomic E-state index is 0.107. The Labute approximate surface area is 123 Å². The van der Waals surface area contributed by atoms with Crippen molar-refractivity contribution in [2.45, 2.75) is 38.0 Å². The molecule has 0 aromatic heterocycles. The highest BCUT2D eigenvalue weighted by Gasteiger charge is 2.34. The van der Waals surface area contributed by atoms with E-state index in [2.05, 4.69) is 0 Å². The standard InChI is InChI=1S/C15H20F3N3/c1-12(2)21(11-15(16,17)18)9-8-14(20,10-19)13-6-4-3-5-7-13/h3-7,12H,8-9,11,20H2,1-2H3. The van der Waals surface area contributed by atoms with Crippen LogP contribution < -0.4 is 5.73 Å². The van der Waals surface area contributed by atoms with Gasteiger partial charge in [0.05, 0.1) is 12.6 Å². The second-order valence-electron chi connectivity index (χ2n) is 5.38. The van der Waals surface area contributed by atoms with Crippen LogP contribution in [0.4, 0.5) is 13.2 Å². The smallest absolute Gasteiger partial charge is 0.310 e. The molecule has 116 valence electrons. The van der Waals surface area contributed by atoms with Crippen LogP contribution in [0.5, 0.6) is 0 Å². The molecule has 2 N–H and O–H groups in total. The van der Waals surface area contributed by atoms with Crippen LogP contribution in [0, 0.1) is 11.3 Å². The molecule has 1 aromatic carbocycles. The zero-order valence-corrected chi connectivity index (χ0v) is 12.2. The predicted octanol–water partition coefficient (Wildman–Crippen LogP) is 3.03. The van der Waals surface area contributed by atoms with Gasteiger partial charge in [0.1, 0.15) is 5.54 Å². The monoisotopic (exact) mass is 299 g/mol. The van der Waals surface area contributed by atoms with E-state index in [0.29, 0.717) is 5.56 Å². The Morgan fingerprint density at radius 1 is 1.24 bits per heavy atom. The highest BCUT2D eigenvalue weighted by atomic mass is 19.4. The molecule has 1 aromatic rings. The third-order valence-corrected chi connectivity index (χ3v) is 3.39. The van der Waals surface area contributed by atoms with Crippen LogP contribution in [0.2, 0.25) is 0 Å². The molecule has 6 heteroatoms. The Kier molecular flexibility index (Phi) is 5.76. The van der Waals surface area contributed by atoms with Crippen molar-refractivity contribution in [1.82, 2.24) is 4.90 Å². The van der Waals surface area contributed by atoms with Crippen LogP contribution in [0.1, 0.15) is 25.8 Å². The van der Waals surface area contributed by atoms with Gasteiger partial charge in [0, 0.05) is 12.6 Å². The largest absolute Gasteiger partial charge is 0.401 e. The van der Waals surface area contributed by atoms with Crippen molar-refractivity contribution < 1.29 is 13.2 Å². The highest BCUT2D eigenvalue weighted by molar-refractivity contribution is 5.30. The maximum absolute atomic E-state index is 12.6. The van der Waals surface area contributed by atoms with Crippen molar-refractivity contribution in [2.75, 3.05) is 13.1 Å². The first-order valence-electron chi connectivity index (χ1n) is 6.74. The summed E-state index contributed by atoms with van der Waals surface area (Å²) in [7, 11) is 0. The summed E-state index contributed by atoms with van der Waals surface area (Å²) in [5, 5.41) is 9.31. The number of hydrogen-bond donors (Lipinski definition) is 1. The first-order chi connectivity index (χ1) is 9.68. The van der Waals surface area contributed by atoms with Crippen LogP contribution in [0.15, 0.2) is 30.3 Å². The van der Waals surface area contributed by atoms with Gasteiger partial charge in [-0.05, 0) is 25.8 Å². The molecular formula is C15H20F3N3. The Balaban J connectivity index is 2.80. The number of nitriles is 1. The van der Waals surface area contributed by atoms with Crippen molar-refractivity contribution in [3.63, 3.8) is 0 Å². The predicted molar refractivity (Wildman–Crippen MR) is 75.3 cm³/mol. The molecule has 0 bridgehead atoms. The fraction of sp³-hybridized carbons (Fsp3) is 0.533. The van der Waals surface area contributed by atoms with E-state index in [1.807, 2.05) is 6.07 Å². The number of hydrogen-bond acceptors (Lipinski definition) is 3. The average molecular weight is 299 g/mol. The van der Waals surface area contributed by atoms with Gasteiger partial charge in [0.15, 0.2) is 0 Å². The lowest BCUT2D eigenvalue weighted by Crippen LogP contribution is -2.44. The van der Waals surface area contributed by atoms with Gasteiger partial charge in [0.25, 0.3) is 0 Å². The molecule has 3 nitrogen and oxygen atoms in total. The van der Waals surface area contributed by atoms with Gasteiger partial charge in [-0.3, -0.25) is 4.90 Å². The molecule has 21 heavy (non-hydrogen) atoms. The van der Waals surface area contributed by atoms with E-state index >= 15 is 0 Å². The lowest BCUT2D eigenvalue weighted by molar-refractivity contribution is -0.149. The van der Waals surface area contributed by atoms with Gasteiger partial charge in [0.2, 0.25) is 0 Å². The molecule has 0 saturated heterocycles. The number of nitrogens with two attached hydrogens (primary N) is 1. The SMILES string of the molecule is CC(C)N(CCC(N)(C#N)c1ccccc1)CC(F)(F)F. The van der Waals surface area contributed by atoms with Gasteiger partial charge >= 0.3 is 6.18 Å². The zero-order valence-electron chi connectivity index (χ0n) is 12.2. The topological polar surface area (TPSA) is 53.0 Å². The molecule has 1 rings (SSSR count). The minimum atomic E-state index is -4.26. The molecule has 1 atom stereocenters. The summed E-state index contributed by atoms with van der Waals surface area (Å²) in [5.74, 6) is 0. The summed E-state index contributed by atoms with van der Waals surface area (Å²) in [6.07, 6.45) is -4.12. The normalized spacial score (nSPS) is 15.0. The summed E-state index contributed by atoms with van der Waals surface area (Å²) >= 11 is 0. The molecule has 0 heterocycles. The van der Waals surface area contributed by atoms with Gasteiger partial charge in [-0.2, -0.15) is 18.4 Å². The fourth-order valence-electron chi connectivity index (χ4n) is 2.07. The first-order valence-corrected chi connectivity index (χ1v) is 6.74. The van der Waals surface area contributed by atoms with Gasteiger partial charge in [-0.25, -0.2) is 0 Å². The molecule has 0 amide bonds. The Morgan fingerprint density at radius 2 is 1.81 bits per heavy atom. The molecule has 0 radical (unpaired) electrons. The summed E-state index contributed by atoms with van der Waals surface area (Å²) in [6, 6.07) is 10.5. The molecule has 0 aliphatic rings. The second kappa shape index (κ2) is 6.92. The Morgan fingerprint density at radius 3 is 2.24 bits per heavy atom. The van der Waals surface area contributed by atoms with Crippen LogP contribution in [-0.2, 0) is 5.54 Å². The summed E-state index contributed by atoms with van der Waals surface area (Å²) in [4.78, 5) is 1.28. The first kappa shape index (κ1) is 17.5. The number of rotatable bonds is 6. The van der Waals surface area contributed by atoms with Crippen LogP contribution in [0.25, 0.3) is 0 Å². The fourth-order valence-corrected chi connectivity index (χ4v) is 2.07. The number of benzene rings is 1. The Bertz CT molecular complexity index is 479. The van der Waals surface area contributed by atoms with Gasteiger partial charge in [-0.15, -0.1) is 0 Å².